The molecule has 16 heavy (non-hydrogen) atoms. The molecule has 0 fully saturated rings. The van der Waals surface area contributed by atoms with Crippen molar-refractivity contribution in [2.45, 2.75) is 12.8 Å². The molecule has 6 heteroatoms. The number of benzene rings is 1. The summed E-state index contributed by atoms with van der Waals surface area (Å²) in [4.78, 5) is 10.4. The Labute approximate surface area is 89.4 Å². The number of nitriles is 1. The number of carbonyl (C=O) groups is 1. The van der Waals surface area contributed by atoms with Gasteiger partial charge in [0, 0.05) is 11.1 Å². The molecule has 4 nitrogen and oxygen atoms in total. The molecule has 0 aromatic heterocycles. The van der Waals surface area contributed by atoms with Gasteiger partial charge < -0.3 is 10.2 Å². The van der Waals surface area contributed by atoms with Gasteiger partial charge in [-0.25, -0.2) is 8.78 Å². The van der Waals surface area contributed by atoms with E-state index in [0.717, 1.165) is 12.1 Å². The first-order valence-corrected chi connectivity index (χ1v) is 4.21. The first kappa shape index (κ1) is 11.9. The minimum Gasteiger partial charge on any atom is -0.508 e. The Hall–Kier alpha value is -2.16. The number of carboxylic acids is 1. The molecule has 1 aromatic carbocycles. The lowest BCUT2D eigenvalue weighted by Gasteiger charge is -2.07. The highest BCUT2D eigenvalue weighted by Gasteiger charge is 2.17. The van der Waals surface area contributed by atoms with Crippen molar-refractivity contribution < 1.29 is 23.8 Å². The largest absolute Gasteiger partial charge is 0.508 e. The van der Waals surface area contributed by atoms with E-state index in [0.29, 0.717) is 0 Å². The van der Waals surface area contributed by atoms with Gasteiger partial charge in [-0.15, -0.1) is 0 Å². The normalized spacial score (nSPS) is 10.1. The molecule has 0 radical (unpaired) electrons. The van der Waals surface area contributed by atoms with Gasteiger partial charge in [-0.2, -0.15) is 5.26 Å². The van der Waals surface area contributed by atoms with Gasteiger partial charge in [0.2, 0.25) is 0 Å². The summed E-state index contributed by atoms with van der Waals surface area (Å²) in [5.74, 6) is -1.85. The van der Waals surface area contributed by atoms with E-state index in [1.165, 1.54) is 0 Å². The molecule has 84 valence electrons. The minimum atomic E-state index is -2.82. The summed E-state index contributed by atoms with van der Waals surface area (Å²) in [6, 6.07) is 3.23. The molecule has 0 saturated carbocycles. The number of phenolic OH excluding ortho intramolecular Hbond substituents is 1. The van der Waals surface area contributed by atoms with E-state index in [9.17, 15) is 18.7 Å². The first-order valence-electron chi connectivity index (χ1n) is 4.21. The van der Waals surface area contributed by atoms with E-state index >= 15 is 0 Å². The number of rotatable bonds is 3. The van der Waals surface area contributed by atoms with Crippen molar-refractivity contribution in [3.05, 3.63) is 28.8 Å². The van der Waals surface area contributed by atoms with Crippen LogP contribution in [0.3, 0.4) is 0 Å². The number of alkyl halides is 2. The van der Waals surface area contributed by atoms with Crippen molar-refractivity contribution in [1.29, 1.82) is 5.26 Å². The molecule has 0 atom stereocenters. The molecule has 0 amide bonds. The Morgan fingerprint density at radius 1 is 1.50 bits per heavy atom. The summed E-state index contributed by atoms with van der Waals surface area (Å²) in [6.07, 6.45) is -3.41. The number of halogens is 2. The van der Waals surface area contributed by atoms with Crippen molar-refractivity contribution in [3.63, 3.8) is 0 Å². The highest BCUT2D eigenvalue weighted by atomic mass is 19.3. The minimum absolute atomic E-state index is 0.153. The lowest BCUT2D eigenvalue weighted by Crippen LogP contribution is -2.03. The molecule has 0 heterocycles. The number of nitrogens with zero attached hydrogens (tertiary/aromatic N) is 1. The highest BCUT2D eigenvalue weighted by molar-refractivity contribution is 5.73. The molecule has 0 spiro atoms. The Morgan fingerprint density at radius 2 is 2.12 bits per heavy atom. The van der Waals surface area contributed by atoms with E-state index in [2.05, 4.69) is 0 Å². The maximum atomic E-state index is 12.3. The lowest BCUT2D eigenvalue weighted by atomic mass is 10.0. The predicted octanol–water partition coefficient (Wildman–Crippen LogP) is 1.83. The van der Waals surface area contributed by atoms with Crippen LogP contribution in [0.5, 0.6) is 5.75 Å². The van der Waals surface area contributed by atoms with Crippen molar-refractivity contribution >= 4 is 5.97 Å². The third kappa shape index (κ3) is 2.45. The average Bonchev–Trinajstić information content (AvgIpc) is 2.19. The van der Waals surface area contributed by atoms with Crippen LogP contribution in [0.1, 0.15) is 23.1 Å². The highest BCUT2D eigenvalue weighted by Crippen LogP contribution is 2.29. The summed E-state index contributed by atoms with van der Waals surface area (Å²) in [5, 5.41) is 26.5. The standard InChI is InChI=1S/C10H7F2NO3/c11-10(12)5-1-6(4-13)7(3-9(15)16)8(14)2-5/h1-2,10,14H,3H2,(H,15,16). The molecular weight excluding hydrogens is 220 g/mol. The Bertz CT molecular complexity index is 466. The van der Waals surface area contributed by atoms with Crippen LogP contribution < -0.4 is 0 Å². The number of aliphatic carboxylic acids is 1. The van der Waals surface area contributed by atoms with E-state index in [-0.39, 0.29) is 11.1 Å². The van der Waals surface area contributed by atoms with Gasteiger partial charge in [0.25, 0.3) is 6.43 Å². The topological polar surface area (TPSA) is 81.3 Å². The molecule has 1 rings (SSSR count). The van der Waals surface area contributed by atoms with Gasteiger partial charge in [-0.05, 0) is 12.1 Å². The fourth-order valence-corrected chi connectivity index (χ4v) is 1.24. The maximum Gasteiger partial charge on any atom is 0.308 e. The summed E-state index contributed by atoms with van der Waals surface area (Å²) < 4.78 is 24.6. The molecule has 0 unspecified atom stereocenters. The predicted molar refractivity (Wildman–Crippen MR) is 49.1 cm³/mol. The van der Waals surface area contributed by atoms with Crippen molar-refractivity contribution in [2.75, 3.05) is 0 Å². The van der Waals surface area contributed by atoms with Crippen LogP contribution in [0, 0.1) is 11.3 Å². The fourth-order valence-electron chi connectivity index (χ4n) is 1.24. The van der Waals surface area contributed by atoms with Crippen molar-refractivity contribution in [3.8, 4) is 11.8 Å². The second kappa shape index (κ2) is 4.57. The van der Waals surface area contributed by atoms with Crippen LogP contribution in [0.25, 0.3) is 0 Å². The van der Waals surface area contributed by atoms with E-state index < -0.39 is 30.1 Å². The zero-order valence-corrected chi connectivity index (χ0v) is 7.94. The van der Waals surface area contributed by atoms with Crippen molar-refractivity contribution in [1.82, 2.24) is 0 Å². The second-order valence-corrected chi connectivity index (χ2v) is 3.05. The zero-order valence-electron chi connectivity index (χ0n) is 7.94. The van der Waals surface area contributed by atoms with Gasteiger partial charge in [-0.1, -0.05) is 0 Å². The van der Waals surface area contributed by atoms with Crippen LogP contribution in [-0.2, 0) is 11.2 Å². The zero-order chi connectivity index (χ0) is 12.3. The van der Waals surface area contributed by atoms with E-state index in [1.54, 1.807) is 6.07 Å². The Morgan fingerprint density at radius 3 is 2.56 bits per heavy atom. The Kier molecular flexibility index (Phi) is 3.40. The summed E-state index contributed by atoms with van der Waals surface area (Å²) in [7, 11) is 0. The molecule has 0 saturated heterocycles. The third-order valence-corrected chi connectivity index (χ3v) is 1.95. The van der Waals surface area contributed by atoms with Crippen LogP contribution in [-0.4, -0.2) is 16.2 Å². The third-order valence-electron chi connectivity index (χ3n) is 1.95. The SMILES string of the molecule is N#Cc1cc(C(F)F)cc(O)c1CC(=O)O. The number of hydrogen-bond donors (Lipinski definition) is 2. The summed E-state index contributed by atoms with van der Waals surface area (Å²) >= 11 is 0. The number of phenols is 1. The maximum absolute atomic E-state index is 12.3. The van der Waals surface area contributed by atoms with Gasteiger partial charge in [0.1, 0.15) is 5.75 Å². The molecule has 1 aromatic rings. The van der Waals surface area contributed by atoms with Gasteiger partial charge in [0.15, 0.2) is 0 Å². The van der Waals surface area contributed by atoms with Gasteiger partial charge >= 0.3 is 5.97 Å². The van der Waals surface area contributed by atoms with Crippen LogP contribution in [0.2, 0.25) is 0 Å². The number of hydrogen-bond acceptors (Lipinski definition) is 3. The van der Waals surface area contributed by atoms with E-state index in [1.807, 2.05) is 0 Å². The summed E-state index contributed by atoms with van der Waals surface area (Å²) in [5.41, 5.74) is -0.916. The van der Waals surface area contributed by atoms with Gasteiger partial charge in [0.05, 0.1) is 18.1 Å². The molecule has 2 N–H and O–H groups in total. The second-order valence-electron chi connectivity index (χ2n) is 3.05. The van der Waals surface area contributed by atoms with Crippen LogP contribution in [0.15, 0.2) is 12.1 Å². The first-order chi connectivity index (χ1) is 7.45. The lowest BCUT2D eigenvalue weighted by molar-refractivity contribution is -0.136. The average molecular weight is 227 g/mol. The molecule has 0 bridgehead atoms. The smallest absolute Gasteiger partial charge is 0.308 e. The van der Waals surface area contributed by atoms with Crippen LogP contribution >= 0.6 is 0 Å². The van der Waals surface area contributed by atoms with E-state index in [4.69, 9.17) is 10.4 Å². The molecule has 0 aliphatic carbocycles. The molecular formula is C10H7F2NO3. The Balaban J connectivity index is 3.30. The molecule has 0 aliphatic rings. The fraction of sp³-hybridized carbons (Fsp3) is 0.200. The summed E-state index contributed by atoms with van der Waals surface area (Å²) in [6.45, 7) is 0. The van der Waals surface area contributed by atoms with Crippen LogP contribution in [0.4, 0.5) is 8.78 Å². The quantitative estimate of drug-likeness (QED) is 0.825. The van der Waals surface area contributed by atoms with Gasteiger partial charge in [-0.3, -0.25) is 4.79 Å². The van der Waals surface area contributed by atoms with Crippen molar-refractivity contribution in [2.24, 2.45) is 0 Å². The molecule has 0 aliphatic heterocycles. The number of aromatic hydroxyl groups is 1. The monoisotopic (exact) mass is 227 g/mol. The number of carboxylic acid groups (broad SMARTS) is 1.